The van der Waals surface area contributed by atoms with Crippen LogP contribution in [0.3, 0.4) is 0 Å². The van der Waals surface area contributed by atoms with E-state index in [2.05, 4.69) is 53.3 Å². The molecule has 1 rings (SSSR count). The molecule has 0 aliphatic carbocycles. The molecular formula is C17H30IN3O. The Balaban J connectivity index is 0.00000441. The lowest BCUT2D eigenvalue weighted by Gasteiger charge is -2.22. The lowest BCUT2D eigenvalue weighted by molar-refractivity contribution is 0.241. The maximum Gasteiger partial charge on any atom is 0.193 e. The molecule has 0 radical (unpaired) electrons. The van der Waals surface area contributed by atoms with Gasteiger partial charge < -0.3 is 15.3 Å². The van der Waals surface area contributed by atoms with Gasteiger partial charge in [0.25, 0.3) is 0 Å². The molecule has 0 saturated carbocycles. The zero-order valence-corrected chi connectivity index (χ0v) is 16.5. The number of rotatable bonds is 7. The van der Waals surface area contributed by atoms with Crippen LogP contribution in [-0.2, 0) is 13.0 Å². The minimum absolute atomic E-state index is 0. The van der Waals surface area contributed by atoms with E-state index in [0.717, 1.165) is 25.5 Å². The number of aliphatic hydroxyl groups excluding tert-OH is 1. The predicted octanol–water partition coefficient (Wildman–Crippen LogP) is 2.89. The summed E-state index contributed by atoms with van der Waals surface area (Å²) in [6.07, 6.45) is 1.07. The van der Waals surface area contributed by atoms with Crippen molar-refractivity contribution in [3.8, 4) is 0 Å². The zero-order chi connectivity index (χ0) is 15.7. The fourth-order valence-electron chi connectivity index (χ4n) is 2.00. The number of aryl methyl sites for hydroxylation is 1. The number of aliphatic hydroxyl groups is 1. The Kier molecular flexibility index (Phi) is 11.3. The smallest absolute Gasteiger partial charge is 0.193 e. The molecule has 1 atom stereocenters. The topological polar surface area (TPSA) is 47.9 Å². The second-order valence-electron chi connectivity index (χ2n) is 5.51. The van der Waals surface area contributed by atoms with Gasteiger partial charge in [-0.2, -0.15) is 0 Å². The van der Waals surface area contributed by atoms with Crippen molar-refractivity contribution in [3.63, 3.8) is 0 Å². The second-order valence-corrected chi connectivity index (χ2v) is 5.51. The van der Waals surface area contributed by atoms with Gasteiger partial charge in [0.05, 0.1) is 0 Å². The Morgan fingerprint density at radius 1 is 1.23 bits per heavy atom. The van der Waals surface area contributed by atoms with E-state index in [9.17, 15) is 0 Å². The molecule has 126 valence electrons. The molecule has 1 aromatic rings. The van der Waals surface area contributed by atoms with Crippen molar-refractivity contribution in [1.82, 2.24) is 10.2 Å². The Hall–Kier alpha value is -0.820. The number of hydrogen-bond donors (Lipinski definition) is 2. The van der Waals surface area contributed by atoms with Crippen LogP contribution in [0.4, 0.5) is 0 Å². The summed E-state index contributed by atoms with van der Waals surface area (Å²) in [4.78, 5) is 6.71. The van der Waals surface area contributed by atoms with Gasteiger partial charge in [0.1, 0.15) is 0 Å². The van der Waals surface area contributed by atoms with Crippen LogP contribution in [0.2, 0.25) is 0 Å². The number of guanidine groups is 1. The van der Waals surface area contributed by atoms with Gasteiger partial charge in [0, 0.05) is 33.3 Å². The Bertz CT molecular complexity index is 434. The number of aliphatic imine (C=N–C) groups is 1. The first-order valence-electron chi connectivity index (χ1n) is 7.78. The van der Waals surface area contributed by atoms with Gasteiger partial charge in [-0.25, -0.2) is 0 Å². The van der Waals surface area contributed by atoms with Gasteiger partial charge in [-0.1, -0.05) is 38.1 Å². The van der Waals surface area contributed by atoms with Crippen molar-refractivity contribution in [2.75, 3.05) is 26.7 Å². The van der Waals surface area contributed by atoms with Crippen LogP contribution < -0.4 is 5.32 Å². The van der Waals surface area contributed by atoms with E-state index in [-0.39, 0.29) is 36.5 Å². The molecule has 0 fully saturated rings. The molecule has 1 aromatic carbocycles. The highest BCUT2D eigenvalue weighted by Crippen LogP contribution is 2.07. The van der Waals surface area contributed by atoms with E-state index in [4.69, 9.17) is 5.11 Å². The summed E-state index contributed by atoms with van der Waals surface area (Å²) in [7, 11) is 2.04. The minimum atomic E-state index is 0. The van der Waals surface area contributed by atoms with Crippen LogP contribution >= 0.6 is 24.0 Å². The molecule has 4 nitrogen and oxygen atoms in total. The number of benzene rings is 1. The molecule has 0 amide bonds. The fraction of sp³-hybridized carbons (Fsp3) is 0.588. The molecule has 1 unspecified atom stereocenters. The molecule has 2 N–H and O–H groups in total. The predicted molar refractivity (Wildman–Crippen MR) is 105 cm³/mol. The summed E-state index contributed by atoms with van der Waals surface area (Å²) < 4.78 is 0. The average molecular weight is 419 g/mol. The number of hydrogen-bond acceptors (Lipinski definition) is 2. The number of nitrogens with zero attached hydrogens (tertiary/aromatic N) is 2. The third kappa shape index (κ3) is 7.45. The van der Waals surface area contributed by atoms with Crippen LogP contribution in [0.15, 0.2) is 29.3 Å². The number of nitrogens with one attached hydrogen (secondary N) is 1. The highest BCUT2D eigenvalue weighted by atomic mass is 127. The highest BCUT2D eigenvalue weighted by molar-refractivity contribution is 14.0. The van der Waals surface area contributed by atoms with Gasteiger partial charge in [0.2, 0.25) is 0 Å². The van der Waals surface area contributed by atoms with Gasteiger partial charge in [-0.15, -0.1) is 24.0 Å². The van der Waals surface area contributed by atoms with Crippen molar-refractivity contribution >= 4 is 29.9 Å². The maximum absolute atomic E-state index is 9.10. The second kappa shape index (κ2) is 11.7. The van der Waals surface area contributed by atoms with Crippen LogP contribution in [0.5, 0.6) is 0 Å². The van der Waals surface area contributed by atoms with E-state index in [1.807, 2.05) is 14.0 Å². The summed E-state index contributed by atoms with van der Waals surface area (Å²) >= 11 is 0. The third-order valence-corrected chi connectivity index (χ3v) is 3.41. The molecule has 0 aliphatic heterocycles. The minimum Gasteiger partial charge on any atom is -0.396 e. The van der Waals surface area contributed by atoms with Crippen LogP contribution in [-0.4, -0.2) is 42.7 Å². The van der Waals surface area contributed by atoms with E-state index in [1.165, 1.54) is 11.1 Å². The molecule has 0 spiro atoms. The van der Waals surface area contributed by atoms with Crippen LogP contribution in [0.25, 0.3) is 0 Å². The monoisotopic (exact) mass is 419 g/mol. The van der Waals surface area contributed by atoms with Crippen LogP contribution in [0.1, 0.15) is 31.9 Å². The first kappa shape index (κ1) is 21.2. The van der Waals surface area contributed by atoms with Crippen molar-refractivity contribution in [3.05, 3.63) is 35.4 Å². The van der Waals surface area contributed by atoms with Crippen molar-refractivity contribution in [1.29, 1.82) is 0 Å². The summed E-state index contributed by atoms with van der Waals surface area (Å²) in [6, 6.07) is 8.71. The molecule has 0 heterocycles. The van der Waals surface area contributed by atoms with Crippen molar-refractivity contribution in [2.24, 2.45) is 10.9 Å². The van der Waals surface area contributed by atoms with Crippen molar-refractivity contribution < 1.29 is 5.11 Å². The van der Waals surface area contributed by atoms with Crippen molar-refractivity contribution in [2.45, 2.75) is 33.7 Å². The largest absolute Gasteiger partial charge is 0.396 e. The molecule has 5 heteroatoms. The molecular weight excluding hydrogens is 389 g/mol. The normalized spacial score (nSPS) is 12.5. The maximum atomic E-state index is 9.10. The Labute approximate surface area is 152 Å². The van der Waals surface area contributed by atoms with Gasteiger partial charge in [0.15, 0.2) is 5.96 Å². The zero-order valence-electron chi connectivity index (χ0n) is 14.2. The summed E-state index contributed by atoms with van der Waals surface area (Å²) in [5.41, 5.74) is 2.63. The third-order valence-electron chi connectivity index (χ3n) is 3.41. The van der Waals surface area contributed by atoms with Gasteiger partial charge in [-0.3, -0.25) is 4.99 Å². The summed E-state index contributed by atoms with van der Waals surface area (Å²) in [5.74, 6) is 1.08. The molecule has 0 saturated heterocycles. The fourth-order valence-corrected chi connectivity index (χ4v) is 2.00. The van der Waals surface area contributed by atoms with E-state index in [0.29, 0.717) is 6.54 Å². The first-order valence-corrected chi connectivity index (χ1v) is 7.78. The highest BCUT2D eigenvalue weighted by Gasteiger charge is 2.07. The lowest BCUT2D eigenvalue weighted by Crippen LogP contribution is -2.38. The SMILES string of the molecule is CCNC(=NCC(C)CO)N(C)Cc1ccc(CC)cc1.I. The Morgan fingerprint density at radius 2 is 1.82 bits per heavy atom. The van der Waals surface area contributed by atoms with E-state index in [1.54, 1.807) is 0 Å². The van der Waals surface area contributed by atoms with Gasteiger partial charge >= 0.3 is 0 Å². The van der Waals surface area contributed by atoms with Gasteiger partial charge in [-0.05, 0) is 30.4 Å². The van der Waals surface area contributed by atoms with Crippen LogP contribution in [0, 0.1) is 5.92 Å². The summed E-state index contributed by atoms with van der Waals surface area (Å²) in [5, 5.41) is 12.4. The average Bonchev–Trinajstić information content (AvgIpc) is 2.51. The lowest BCUT2D eigenvalue weighted by atomic mass is 10.1. The molecule has 22 heavy (non-hydrogen) atoms. The Morgan fingerprint density at radius 3 is 2.32 bits per heavy atom. The number of halogens is 1. The molecule has 0 aliphatic rings. The quantitative estimate of drug-likeness (QED) is 0.406. The first-order chi connectivity index (χ1) is 10.1. The van der Waals surface area contributed by atoms with E-state index >= 15 is 0 Å². The molecule has 0 bridgehead atoms. The van der Waals surface area contributed by atoms with E-state index < -0.39 is 0 Å². The summed E-state index contributed by atoms with van der Waals surface area (Å²) in [6.45, 7) is 8.70. The molecule has 0 aromatic heterocycles. The standard InChI is InChI=1S/C17H29N3O.HI/c1-5-15-7-9-16(10-8-15)12-20(4)17(18-6-2)19-11-14(3)13-21;/h7-10,14,21H,5-6,11-13H2,1-4H3,(H,18,19);1H.